The lowest BCUT2D eigenvalue weighted by Gasteiger charge is -2.56. The van der Waals surface area contributed by atoms with Gasteiger partial charge in [-0.3, -0.25) is 4.79 Å². The summed E-state index contributed by atoms with van der Waals surface area (Å²) in [5.41, 5.74) is 1.77. The second-order valence-corrected chi connectivity index (χ2v) is 9.10. The predicted octanol–water partition coefficient (Wildman–Crippen LogP) is 4.29. The summed E-state index contributed by atoms with van der Waals surface area (Å²) in [4.78, 5) is 11.8. The van der Waals surface area contributed by atoms with E-state index in [9.17, 15) is 9.90 Å². The fraction of sp³-hybridized carbons (Fsp3) is 0.762. The van der Waals surface area contributed by atoms with Crippen molar-refractivity contribution in [2.45, 2.75) is 65.4 Å². The van der Waals surface area contributed by atoms with Crippen LogP contribution >= 0.6 is 0 Å². The van der Waals surface area contributed by atoms with Crippen molar-refractivity contribution in [3.8, 4) is 0 Å². The van der Waals surface area contributed by atoms with Crippen molar-refractivity contribution in [1.29, 1.82) is 0 Å². The van der Waals surface area contributed by atoms with Gasteiger partial charge in [-0.05, 0) is 85.2 Å². The highest BCUT2D eigenvalue weighted by Crippen LogP contribution is 2.65. The molecule has 4 aliphatic rings. The SMILES string of the molecule is CC(O)[C@@H]1CC[C@H]2[C@@H]3C=CC4=CC(=O)CC[C@@]4(C)[C@@H]3CC[C@]12C. The monoisotopic (exact) mass is 314 g/mol. The largest absolute Gasteiger partial charge is 0.393 e. The first-order valence-corrected chi connectivity index (χ1v) is 9.47. The van der Waals surface area contributed by atoms with Crippen molar-refractivity contribution in [2.75, 3.05) is 0 Å². The van der Waals surface area contributed by atoms with Crippen LogP contribution in [0.4, 0.5) is 0 Å². The van der Waals surface area contributed by atoms with E-state index in [0.29, 0.717) is 34.9 Å². The number of carbonyl (C=O) groups is 1. The maximum Gasteiger partial charge on any atom is 0.156 e. The fourth-order valence-electron chi connectivity index (χ4n) is 6.83. The van der Waals surface area contributed by atoms with Gasteiger partial charge in [0.15, 0.2) is 5.78 Å². The zero-order valence-electron chi connectivity index (χ0n) is 14.7. The molecule has 0 aromatic heterocycles. The van der Waals surface area contributed by atoms with Gasteiger partial charge in [0.2, 0.25) is 0 Å². The number of rotatable bonds is 1. The van der Waals surface area contributed by atoms with E-state index >= 15 is 0 Å². The topological polar surface area (TPSA) is 37.3 Å². The van der Waals surface area contributed by atoms with E-state index in [1.807, 2.05) is 13.0 Å². The second-order valence-electron chi connectivity index (χ2n) is 9.10. The van der Waals surface area contributed by atoms with Crippen molar-refractivity contribution < 1.29 is 9.90 Å². The Morgan fingerprint density at radius 2 is 1.96 bits per heavy atom. The van der Waals surface area contributed by atoms with Crippen LogP contribution in [0.25, 0.3) is 0 Å². The molecule has 0 aromatic carbocycles. The van der Waals surface area contributed by atoms with Crippen LogP contribution in [-0.2, 0) is 4.79 Å². The van der Waals surface area contributed by atoms with Gasteiger partial charge in [-0.25, -0.2) is 0 Å². The first-order valence-electron chi connectivity index (χ1n) is 9.47. The van der Waals surface area contributed by atoms with Gasteiger partial charge in [0.1, 0.15) is 0 Å². The zero-order valence-corrected chi connectivity index (χ0v) is 14.7. The summed E-state index contributed by atoms with van der Waals surface area (Å²) in [5, 5.41) is 10.3. The quantitative estimate of drug-likeness (QED) is 0.784. The number of allylic oxidation sites excluding steroid dienone is 4. The van der Waals surface area contributed by atoms with Gasteiger partial charge in [0, 0.05) is 6.42 Å². The number of hydrogen-bond acceptors (Lipinski definition) is 2. The maximum absolute atomic E-state index is 11.8. The van der Waals surface area contributed by atoms with Crippen molar-refractivity contribution >= 4 is 5.78 Å². The summed E-state index contributed by atoms with van der Waals surface area (Å²) in [6.45, 7) is 6.82. The molecule has 126 valence electrons. The van der Waals surface area contributed by atoms with Crippen molar-refractivity contribution in [3.63, 3.8) is 0 Å². The minimum Gasteiger partial charge on any atom is -0.393 e. The molecule has 0 aromatic rings. The van der Waals surface area contributed by atoms with Gasteiger partial charge in [0.05, 0.1) is 6.10 Å². The highest BCUT2D eigenvalue weighted by Gasteiger charge is 2.58. The Balaban J connectivity index is 1.71. The molecule has 0 spiro atoms. The van der Waals surface area contributed by atoms with Crippen LogP contribution in [0.2, 0.25) is 0 Å². The molecule has 0 aliphatic heterocycles. The minimum atomic E-state index is -0.188. The van der Waals surface area contributed by atoms with Gasteiger partial charge < -0.3 is 5.11 Å². The molecule has 0 amide bonds. The highest BCUT2D eigenvalue weighted by molar-refractivity contribution is 5.92. The number of fused-ring (bicyclic) bond motifs is 5. The van der Waals surface area contributed by atoms with Gasteiger partial charge in [-0.1, -0.05) is 26.0 Å². The average Bonchev–Trinajstić information content (AvgIpc) is 2.85. The van der Waals surface area contributed by atoms with Crippen LogP contribution in [-0.4, -0.2) is 17.0 Å². The predicted molar refractivity (Wildman–Crippen MR) is 91.8 cm³/mol. The van der Waals surface area contributed by atoms with Crippen LogP contribution in [0, 0.1) is 34.5 Å². The van der Waals surface area contributed by atoms with Crippen LogP contribution in [0.5, 0.6) is 0 Å². The smallest absolute Gasteiger partial charge is 0.156 e. The van der Waals surface area contributed by atoms with Gasteiger partial charge in [0.25, 0.3) is 0 Å². The Morgan fingerprint density at radius 1 is 1.17 bits per heavy atom. The molecular formula is C21H30O2. The molecule has 1 unspecified atom stereocenters. The van der Waals surface area contributed by atoms with Crippen LogP contribution in [0.1, 0.15) is 59.3 Å². The number of carbonyl (C=O) groups excluding carboxylic acids is 1. The lowest BCUT2D eigenvalue weighted by atomic mass is 9.48. The summed E-state index contributed by atoms with van der Waals surface area (Å²) < 4.78 is 0. The Morgan fingerprint density at radius 3 is 2.70 bits per heavy atom. The number of ketones is 1. The molecule has 1 N–H and O–H groups in total. The summed E-state index contributed by atoms with van der Waals surface area (Å²) >= 11 is 0. The highest BCUT2D eigenvalue weighted by atomic mass is 16.3. The van der Waals surface area contributed by atoms with Crippen molar-refractivity contribution in [2.24, 2.45) is 34.5 Å². The van der Waals surface area contributed by atoms with E-state index in [-0.39, 0.29) is 11.5 Å². The molecular weight excluding hydrogens is 284 g/mol. The molecule has 2 saturated carbocycles. The average molecular weight is 314 g/mol. The Bertz CT molecular complexity index is 587. The molecule has 23 heavy (non-hydrogen) atoms. The third kappa shape index (κ3) is 2.06. The maximum atomic E-state index is 11.8. The first-order chi connectivity index (χ1) is 10.9. The van der Waals surface area contributed by atoms with E-state index in [1.165, 1.54) is 31.3 Å². The molecule has 2 heteroatoms. The summed E-state index contributed by atoms with van der Waals surface area (Å²) in [6, 6.07) is 0. The number of hydrogen-bond donors (Lipinski definition) is 1. The molecule has 0 bridgehead atoms. The van der Waals surface area contributed by atoms with Crippen LogP contribution in [0.3, 0.4) is 0 Å². The van der Waals surface area contributed by atoms with Crippen LogP contribution in [0.15, 0.2) is 23.8 Å². The lowest BCUT2D eigenvalue weighted by molar-refractivity contribution is -0.116. The molecule has 2 fully saturated rings. The zero-order chi connectivity index (χ0) is 16.4. The molecule has 4 rings (SSSR count). The Labute approximate surface area is 140 Å². The molecule has 7 atom stereocenters. The number of aliphatic hydroxyl groups excluding tert-OH is 1. The summed E-state index contributed by atoms with van der Waals surface area (Å²) in [6.07, 6.45) is 13.1. The molecule has 0 saturated heterocycles. The Kier molecular flexibility index (Phi) is 3.43. The lowest BCUT2D eigenvalue weighted by Crippen LogP contribution is -2.49. The van der Waals surface area contributed by atoms with Crippen molar-refractivity contribution in [3.05, 3.63) is 23.8 Å². The van der Waals surface area contributed by atoms with Gasteiger partial charge in [-0.15, -0.1) is 0 Å². The molecule has 0 heterocycles. The van der Waals surface area contributed by atoms with Crippen LogP contribution < -0.4 is 0 Å². The normalized spacial score (nSPS) is 49.9. The molecule has 2 nitrogen and oxygen atoms in total. The van der Waals surface area contributed by atoms with E-state index in [1.54, 1.807) is 0 Å². The van der Waals surface area contributed by atoms with E-state index in [4.69, 9.17) is 0 Å². The third-order valence-electron chi connectivity index (χ3n) is 8.17. The van der Waals surface area contributed by atoms with E-state index in [0.717, 1.165) is 12.8 Å². The Hall–Kier alpha value is -0.890. The second kappa shape index (κ2) is 5.05. The first kappa shape index (κ1) is 15.6. The van der Waals surface area contributed by atoms with Gasteiger partial charge in [-0.2, -0.15) is 0 Å². The number of aliphatic hydroxyl groups is 1. The summed E-state index contributed by atoms with van der Waals surface area (Å²) in [7, 11) is 0. The molecule has 0 radical (unpaired) electrons. The fourth-order valence-corrected chi connectivity index (χ4v) is 6.83. The van der Waals surface area contributed by atoms with E-state index in [2.05, 4.69) is 26.0 Å². The van der Waals surface area contributed by atoms with E-state index < -0.39 is 0 Å². The summed E-state index contributed by atoms with van der Waals surface area (Å²) in [5.74, 6) is 2.77. The van der Waals surface area contributed by atoms with Gasteiger partial charge >= 0.3 is 0 Å². The standard InChI is InChI=1S/C21H30O2/c1-13(22)17-6-7-18-16-5-4-14-12-15(23)8-10-20(14,2)19(16)9-11-21(17,18)3/h4-5,12-13,16-19,22H,6-11H2,1-3H3/t13?,16-,17-,18-,19+,20+,21+/m0/s1. The molecule has 4 aliphatic carbocycles. The third-order valence-corrected chi connectivity index (χ3v) is 8.17. The minimum absolute atomic E-state index is 0.188. The van der Waals surface area contributed by atoms with Crippen molar-refractivity contribution in [1.82, 2.24) is 0 Å².